The second-order valence-corrected chi connectivity index (χ2v) is 11.7. The average Bonchev–Trinajstić information content (AvgIpc) is 3.18. The number of ether oxygens (including phenoxy) is 1. The number of aliphatic hydroxyl groups excluding tert-OH is 2. The van der Waals surface area contributed by atoms with Gasteiger partial charge >= 0.3 is 0 Å². The minimum absolute atomic E-state index is 0.0487. The van der Waals surface area contributed by atoms with Crippen molar-refractivity contribution in [2.75, 3.05) is 20.3 Å². The Labute approximate surface area is 232 Å². The highest BCUT2D eigenvalue weighted by Crippen LogP contribution is 2.47. The van der Waals surface area contributed by atoms with E-state index < -0.39 is 23.9 Å². The summed E-state index contributed by atoms with van der Waals surface area (Å²) in [5, 5.41) is 32.1. The van der Waals surface area contributed by atoms with E-state index in [9.17, 15) is 24.9 Å². The van der Waals surface area contributed by atoms with Gasteiger partial charge in [-0.1, -0.05) is 37.8 Å². The molecule has 2 fully saturated rings. The van der Waals surface area contributed by atoms with Crippen LogP contribution < -0.4 is 0 Å². The van der Waals surface area contributed by atoms with Crippen molar-refractivity contribution < 1.29 is 29.6 Å². The van der Waals surface area contributed by atoms with Crippen molar-refractivity contribution in [1.82, 2.24) is 4.90 Å². The third-order valence-corrected chi connectivity index (χ3v) is 9.11. The van der Waals surface area contributed by atoms with Crippen LogP contribution in [0.1, 0.15) is 81.4 Å². The monoisotopic (exact) mass is 539 g/mol. The first kappa shape index (κ1) is 29.5. The maximum Gasteiger partial charge on any atom is 0.234 e. The molecule has 0 bridgehead atoms. The number of aromatic hydroxyl groups is 1. The molecule has 0 unspecified atom stereocenters. The molecule has 4 rings (SSSR count). The zero-order chi connectivity index (χ0) is 28.3. The lowest BCUT2D eigenvalue weighted by Crippen LogP contribution is -2.42. The number of phenolic OH excluding ortho intramolecular Hbond substituents is 1. The van der Waals surface area contributed by atoms with Gasteiger partial charge < -0.3 is 20.1 Å². The highest BCUT2D eigenvalue weighted by atomic mass is 16.5. The van der Waals surface area contributed by atoms with Crippen molar-refractivity contribution in [2.24, 2.45) is 17.8 Å². The third-order valence-electron chi connectivity index (χ3n) is 9.11. The number of methoxy groups -OCH3 is 1. The molecule has 2 aliphatic carbocycles. The molecular formula is C32H45NO6. The number of carbonyl (C=O) groups is 2. The minimum Gasteiger partial charge on any atom is -0.507 e. The highest BCUT2D eigenvalue weighted by molar-refractivity contribution is 6.06. The van der Waals surface area contributed by atoms with Crippen LogP contribution in [0.4, 0.5) is 0 Å². The second-order valence-electron chi connectivity index (χ2n) is 11.7. The number of aryl methyl sites for hydroxylation is 2. The maximum atomic E-state index is 13.7. The van der Waals surface area contributed by atoms with Gasteiger partial charge in [-0.2, -0.15) is 0 Å². The van der Waals surface area contributed by atoms with Crippen LogP contribution in [0, 0.1) is 31.6 Å². The third kappa shape index (κ3) is 6.01. The number of nitrogens with zero attached hydrogens (tertiary/aromatic N) is 1. The molecule has 1 heterocycles. The lowest BCUT2D eigenvalue weighted by molar-refractivity contribution is -0.143. The van der Waals surface area contributed by atoms with Crippen molar-refractivity contribution in [3.05, 3.63) is 45.5 Å². The lowest BCUT2D eigenvalue weighted by Gasteiger charge is -2.36. The van der Waals surface area contributed by atoms with Gasteiger partial charge in [-0.25, -0.2) is 0 Å². The first-order valence-electron chi connectivity index (χ1n) is 14.6. The number of carbonyl (C=O) groups excluding carboxylic acids is 2. The Bertz CT molecular complexity index is 1110. The van der Waals surface area contributed by atoms with Gasteiger partial charge in [-0.15, -0.1) is 0 Å². The van der Waals surface area contributed by atoms with Gasteiger partial charge in [0.1, 0.15) is 5.75 Å². The van der Waals surface area contributed by atoms with Gasteiger partial charge in [0.15, 0.2) is 0 Å². The quantitative estimate of drug-likeness (QED) is 0.290. The molecule has 3 aliphatic rings. The van der Waals surface area contributed by atoms with E-state index in [0.29, 0.717) is 30.6 Å². The van der Waals surface area contributed by atoms with Gasteiger partial charge in [0.05, 0.1) is 31.2 Å². The Balaban J connectivity index is 1.56. The zero-order valence-electron chi connectivity index (χ0n) is 23.9. The first-order chi connectivity index (χ1) is 18.7. The molecule has 1 saturated heterocycles. The minimum atomic E-state index is -0.849. The number of likely N-dealkylation sites (tertiary alicyclic amines) is 1. The van der Waals surface area contributed by atoms with Crippen LogP contribution in [0.15, 0.2) is 28.9 Å². The smallest absolute Gasteiger partial charge is 0.234 e. The summed E-state index contributed by atoms with van der Waals surface area (Å²) in [6.07, 6.45) is 8.43. The number of allylic oxidation sites excluding steroid dienone is 1. The molecule has 0 aromatic heterocycles. The second kappa shape index (κ2) is 12.8. The Hall–Kier alpha value is -2.48. The standard InChI is InChI=1S/C32H45NO6/c1-5-21(15-22-13-19(2)30(36)20(3)14-22)11-12-27(35)28-23(18-39-4)16-25-29(26(28)17-34)32(38)33(31(25)37)24-9-7-6-8-10-24/h13-15,24-27,29,34-36H,5-12,16-18H2,1-4H3/b21-15+/t25-,26+,27-,29-/m1/s1. The molecule has 4 atom stereocenters. The number of amides is 2. The number of imide groups is 1. The van der Waals surface area contributed by atoms with Crippen LogP contribution in [0.3, 0.4) is 0 Å². The molecule has 7 nitrogen and oxygen atoms in total. The number of aliphatic hydroxyl groups is 2. The van der Waals surface area contributed by atoms with E-state index in [1.165, 1.54) is 4.90 Å². The molecule has 0 radical (unpaired) electrons. The van der Waals surface area contributed by atoms with E-state index in [4.69, 9.17) is 4.74 Å². The van der Waals surface area contributed by atoms with Crippen LogP contribution >= 0.6 is 0 Å². The van der Waals surface area contributed by atoms with E-state index >= 15 is 0 Å². The summed E-state index contributed by atoms with van der Waals surface area (Å²) >= 11 is 0. The predicted octanol–water partition coefficient (Wildman–Crippen LogP) is 4.83. The summed E-state index contributed by atoms with van der Waals surface area (Å²) in [4.78, 5) is 28.7. The zero-order valence-corrected chi connectivity index (χ0v) is 23.9. The van der Waals surface area contributed by atoms with Gasteiger partial charge in [0.25, 0.3) is 0 Å². The molecule has 2 amide bonds. The van der Waals surface area contributed by atoms with E-state index in [0.717, 1.165) is 66.4 Å². The molecule has 214 valence electrons. The molecular weight excluding hydrogens is 494 g/mol. The Kier molecular flexibility index (Phi) is 9.68. The number of hydrogen-bond acceptors (Lipinski definition) is 6. The van der Waals surface area contributed by atoms with Crippen molar-refractivity contribution in [2.45, 2.75) is 90.7 Å². The van der Waals surface area contributed by atoms with Crippen molar-refractivity contribution in [3.8, 4) is 5.75 Å². The number of rotatable bonds is 10. The van der Waals surface area contributed by atoms with E-state index in [1.54, 1.807) is 7.11 Å². The van der Waals surface area contributed by atoms with Gasteiger partial charge in [-0.05, 0) is 92.3 Å². The lowest BCUT2D eigenvalue weighted by atomic mass is 9.68. The van der Waals surface area contributed by atoms with Crippen LogP contribution in [-0.2, 0) is 14.3 Å². The fourth-order valence-electron chi connectivity index (χ4n) is 7.13. The van der Waals surface area contributed by atoms with Crippen molar-refractivity contribution in [3.63, 3.8) is 0 Å². The number of benzene rings is 1. The normalized spacial score (nSPS) is 25.4. The fraction of sp³-hybridized carbons (Fsp3) is 0.625. The Morgan fingerprint density at radius 1 is 1.13 bits per heavy atom. The molecule has 1 saturated carbocycles. The Morgan fingerprint density at radius 2 is 1.79 bits per heavy atom. The topological polar surface area (TPSA) is 107 Å². The summed E-state index contributed by atoms with van der Waals surface area (Å²) in [7, 11) is 1.59. The molecule has 1 aromatic rings. The van der Waals surface area contributed by atoms with Crippen LogP contribution in [0.2, 0.25) is 0 Å². The van der Waals surface area contributed by atoms with Crippen LogP contribution in [-0.4, -0.2) is 64.5 Å². The summed E-state index contributed by atoms with van der Waals surface area (Å²) in [6.45, 7) is 5.82. The van der Waals surface area contributed by atoms with Gasteiger partial charge in [0.2, 0.25) is 11.8 Å². The molecule has 0 spiro atoms. The Morgan fingerprint density at radius 3 is 2.38 bits per heavy atom. The first-order valence-corrected chi connectivity index (χ1v) is 14.6. The SMILES string of the molecule is CC/C(=C\c1cc(C)c(O)c(C)c1)CC[C@@H](O)C1=C(COC)C[C@H]2C(=O)N(C3CCCCC3)C(=O)[C@H]2[C@H]1CO. The van der Waals surface area contributed by atoms with E-state index in [2.05, 4.69) is 13.0 Å². The van der Waals surface area contributed by atoms with Crippen LogP contribution in [0.25, 0.3) is 6.08 Å². The van der Waals surface area contributed by atoms with E-state index in [-0.39, 0.29) is 31.1 Å². The highest BCUT2D eigenvalue weighted by Gasteiger charge is 2.56. The van der Waals surface area contributed by atoms with E-state index in [1.807, 2.05) is 26.0 Å². The summed E-state index contributed by atoms with van der Waals surface area (Å²) in [5.74, 6) is -1.70. The van der Waals surface area contributed by atoms with Gasteiger partial charge in [-0.3, -0.25) is 14.5 Å². The number of hydrogen-bond donors (Lipinski definition) is 3. The summed E-state index contributed by atoms with van der Waals surface area (Å²) < 4.78 is 5.47. The predicted molar refractivity (Wildman–Crippen MR) is 151 cm³/mol. The molecule has 3 N–H and O–H groups in total. The van der Waals surface area contributed by atoms with Gasteiger partial charge in [0, 0.05) is 19.1 Å². The summed E-state index contributed by atoms with van der Waals surface area (Å²) in [5.41, 5.74) is 5.35. The molecule has 39 heavy (non-hydrogen) atoms. The molecule has 1 aromatic carbocycles. The average molecular weight is 540 g/mol. The van der Waals surface area contributed by atoms with Crippen molar-refractivity contribution >= 4 is 17.9 Å². The van der Waals surface area contributed by atoms with Crippen LogP contribution in [0.5, 0.6) is 5.75 Å². The number of phenols is 1. The number of fused-ring (bicyclic) bond motifs is 1. The van der Waals surface area contributed by atoms with Crippen molar-refractivity contribution in [1.29, 1.82) is 0 Å². The maximum absolute atomic E-state index is 13.7. The molecule has 1 aliphatic heterocycles. The largest absolute Gasteiger partial charge is 0.507 e. The summed E-state index contributed by atoms with van der Waals surface area (Å²) in [6, 6.07) is 3.86. The molecule has 7 heteroatoms. The fourth-order valence-corrected chi connectivity index (χ4v) is 7.13.